The molecule has 3 aliphatic rings. The quantitative estimate of drug-likeness (QED) is 0.163. The van der Waals surface area contributed by atoms with Crippen molar-refractivity contribution in [1.29, 1.82) is 0 Å². The number of benzene rings is 9. The predicted molar refractivity (Wildman–Crippen MR) is 245 cm³/mol. The lowest BCUT2D eigenvalue weighted by atomic mass is 9.34. The lowest BCUT2D eigenvalue weighted by molar-refractivity contribution is 0.464. The minimum atomic E-state index is -0.303. The zero-order valence-electron chi connectivity index (χ0n) is 32.8. The van der Waals surface area contributed by atoms with Gasteiger partial charge in [-0.2, -0.15) is 0 Å². The molecule has 12 rings (SSSR count). The van der Waals surface area contributed by atoms with E-state index < -0.39 is 0 Å². The maximum absolute atomic E-state index is 6.83. The molecule has 0 bridgehead atoms. The maximum Gasteiger partial charge on any atom is 0.260 e. The minimum absolute atomic E-state index is 0.0141. The van der Waals surface area contributed by atoms with E-state index in [1.807, 2.05) is 6.07 Å². The smallest absolute Gasteiger partial charge is 0.260 e. The second-order valence-corrected chi connectivity index (χ2v) is 16.4. The number of fused-ring (bicyclic) bond motifs is 9. The van der Waals surface area contributed by atoms with Crippen LogP contribution in [0.25, 0.3) is 44.2 Å². The van der Waals surface area contributed by atoms with E-state index in [-0.39, 0.29) is 12.1 Å². The monoisotopic (exact) mass is 755 g/mol. The van der Waals surface area contributed by atoms with Gasteiger partial charge in [0.15, 0.2) is 0 Å². The SMILES string of the molecule is CC1(C)c2cc3c(cc2-c2c1cc(N(c1ccc(-c4ccccc4)cc1)c1ccc(-c4ccccc4)cc1)c1ccccc21)Oc1cccc2c1B3c1ccccc1O2. The van der Waals surface area contributed by atoms with Gasteiger partial charge < -0.3 is 14.4 Å². The van der Waals surface area contributed by atoms with Crippen molar-refractivity contribution in [3.8, 4) is 56.4 Å². The van der Waals surface area contributed by atoms with Crippen LogP contribution >= 0.6 is 0 Å². The van der Waals surface area contributed by atoms with Crippen LogP contribution in [0.2, 0.25) is 0 Å². The first-order chi connectivity index (χ1) is 29.0. The van der Waals surface area contributed by atoms with Gasteiger partial charge in [-0.05, 0) is 115 Å². The van der Waals surface area contributed by atoms with Crippen molar-refractivity contribution < 1.29 is 9.47 Å². The first kappa shape index (κ1) is 33.8. The molecule has 9 aromatic carbocycles. The van der Waals surface area contributed by atoms with Crippen molar-refractivity contribution in [2.75, 3.05) is 4.90 Å². The van der Waals surface area contributed by atoms with E-state index >= 15 is 0 Å². The Kier molecular flexibility index (Phi) is 7.37. The lowest BCUT2D eigenvalue weighted by Crippen LogP contribution is -2.57. The third-order valence-corrected chi connectivity index (χ3v) is 12.8. The third-order valence-electron chi connectivity index (χ3n) is 12.8. The Labute approximate surface area is 344 Å². The molecule has 278 valence electrons. The summed E-state index contributed by atoms with van der Waals surface area (Å²) in [5.74, 6) is 3.54. The fraction of sp³-hybridized carbons (Fsp3) is 0.0545. The van der Waals surface area contributed by atoms with E-state index in [2.05, 4.69) is 207 Å². The van der Waals surface area contributed by atoms with Crippen molar-refractivity contribution in [2.45, 2.75) is 19.3 Å². The largest absolute Gasteiger partial charge is 0.458 e. The predicted octanol–water partition coefficient (Wildman–Crippen LogP) is 12.7. The van der Waals surface area contributed by atoms with Crippen molar-refractivity contribution in [3.63, 3.8) is 0 Å². The summed E-state index contributed by atoms with van der Waals surface area (Å²) in [6, 6.07) is 70.0. The second kappa shape index (κ2) is 12.9. The summed E-state index contributed by atoms with van der Waals surface area (Å²) in [6.07, 6.45) is 0. The zero-order chi connectivity index (χ0) is 39.2. The molecule has 59 heavy (non-hydrogen) atoms. The normalized spacial score (nSPS) is 13.6. The number of para-hydroxylation sites is 1. The van der Waals surface area contributed by atoms with Gasteiger partial charge in [0.2, 0.25) is 0 Å². The van der Waals surface area contributed by atoms with Gasteiger partial charge in [-0.15, -0.1) is 0 Å². The molecule has 2 aliphatic heterocycles. The standard InChI is InChI=1S/C55H38BNO2/c1-55(2)44-33-47-52(59-51-23-13-22-50-54(51)56(47)46-20-11-12-21-49(46)58-50)32-43(44)53-42-19-10-9-18-41(42)48(34-45(53)55)57(39-28-24-37(25-29-39)35-14-5-3-6-15-35)40-30-26-38(27-31-40)36-16-7-4-8-17-36/h3-34H,1-2H3. The number of hydrogen-bond acceptors (Lipinski definition) is 3. The van der Waals surface area contributed by atoms with Gasteiger partial charge in [-0.3, -0.25) is 0 Å². The molecule has 0 unspecified atom stereocenters. The fourth-order valence-electron chi connectivity index (χ4n) is 9.91. The topological polar surface area (TPSA) is 21.7 Å². The van der Waals surface area contributed by atoms with Gasteiger partial charge in [-0.1, -0.05) is 153 Å². The van der Waals surface area contributed by atoms with Gasteiger partial charge in [0, 0.05) is 27.6 Å². The van der Waals surface area contributed by atoms with E-state index in [0.717, 1.165) is 45.5 Å². The number of hydrogen-bond donors (Lipinski definition) is 0. The van der Waals surface area contributed by atoms with E-state index in [1.54, 1.807) is 0 Å². The average molecular weight is 756 g/mol. The summed E-state index contributed by atoms with van der Waals surface area (Å²) in [5.41, 5.74) is 16.4. The van der Waals surface area contributed by atoms with Crippen molar-refractivity contribution >= 4 is 50.9 Å². The molecule has 2 heterocycles. The van der Waals surface area contributed by atoms with Crippen LogP contribution in [0.1, 0.15) is 25.0 Å². The van der Waals surface area contributed by atoms with Gasteiger partial charge in [0.1, 0.15) is 23.0 Å². The van der Waals surface area contributed by atoms with E-state index in [0.29, 0.717) is 0 Å². The molecular weight excluding hydrogens is 717 g/mol. The first-order valence-electron chi connectivity index (χ1n) is 20.4. The van der Waals surface area contributed by atoms with Crippen LogP contribution in [0.4, 0.5) is 17.1 Å². The molecular formula is C55H38BNO2. The van der Waals surface area contributed by atoms with E-state index in [9.17, 15) is 0 Å². The highest BCUT2D eigenvalue weighted by Crippen LogP contribution is 2.55. The van der Waals surface area contributed by atoms with Gasteiger partial charge in [0.05, 0.1) is 5.69 Å². The third kappa shape index (κ3) is 5.16. The molecule has 0 saturated carbocycles. The summed E-state index contributed by atoms with van der Waals surface area (Å²) >= 11 is 0. The summed E-state index contributed by atoms with van der Waals surface area (Å²) in [6.45, 7) is 4.79. The Morgan fingerprint density at radius 2 is 0.949 bits per heavy atom. The molecule has 3 nitrogen and oxygen atoms in total. The molecule has 0 amide bonds. The van der Waals surface area contributed by atoms with Crippen LogP contribution in [0.3, 0.4) is 0 Å². The summed E-state index contributed by atoms with van der Waals surface area (Å²) < 4.78 is 13.3. The maximum atomic E-state index is 6.83. The molecule has 1 aliphatic carbocycles. The first-order valence-corrected chi connectivity index (χ1v) is 20.4. The summed E-state index contributed by atoms with van der Waals surface area (Å²) in [5, 5.41) is 2.43. The minimum Gasteiger partial charge on any atom is -0.458 e. The number of anilines is 3. The van der Waals surface area contributed by atoms with Crippen molar-refractivity contribution in [3.05, 3.63) is 205 Å². The molecule has 0 radical (unpaired) electrons. The van der Waals surface area contributed by atoms with E-state index in [4.69, 9.17) is 9.47 Å². The lowest BCUT2D eigenvalue weighted by Gasteiger charge is -2.33. The molecule has 4 heteroatoms. The summed E-state index contributed by atoms with van der Waals surface area (Å²) in [7, 11) is 0. The van der Waals surface area contributed by atoms with Crippen molar-refractivity contribution in [2.24, 2.45) is 0 Å². The number of rotatable bonds is 5. The Bertz CT molecular complexity index is 3040. The molecule has 0 atom stereocenters. The van der Waals surface area contributed by atoms with E-state index in [1.165, 1.54) is 66.2 Å². The van der Waals surface area contributed by atoms with Gasteiger partial charge in [-0.25, -0.2) is 0 Å². The van der Waals surface area contributed by atoms with Crippen LogP contribution in [-0.4, -0.2) is 6.71 Å². The second-order valence-electron chi connectivity index (χ2n) is 16.4. The molecule has 0 aromatic heterocycles. The highest BCUT2D eigenvalue weighted by molar-refractivity contribution is 6.98. The van der Waals surface area contributed by atoms with Crippen LogP contribution in [0.5, 0.6) is 23.0 Å². The number of ether oxygens (including phenoxy) is 2. The van der Waals surface area contributed by atoms with Gasteiger partial charge in [0.25, 0.3) is 6.71 Å². The fourth-order valence-corrected chi connectivity index (χ4v) is 9.91. The van der Waals surface area contributed by atoms with Crippen LogP contribution in [0.15, 0.2) is 194 Å². The number of nitrogens with zero attached hydrogens (tertiary/aromatic N) is 1. The highest BCUT2D eigenvalue weighted by atomic mass is 16.5. The Balaban J connectivity index is 1.05. The molecule has 0 fully saturated rings. The Morgan fingerprint density at radius 3 is 1.59 bits per heavy atom. The highest BCUT2D eigenvalue weighted by Gasteiger charge is 2.44. The summed E-state index contributed by atoms with van der Waals surface area (Å²) in [4.78, 5) is 2.44. The molecule has 0 saturated heterocycles. The molecule has 0 spiro atoms. The van der Waals surface area contributed by atoms with Crippen LogP contribution in [-0.2, 0) is 5.41 Å². The van der Waals surface area contributed by atoms with Crippen LogP contribution < -0.4 is 30.8 Å². The van der Waals surface area contributed by atoms with Crippen LogP contribution in [0, 0.1) is 0 Å². The average Bonchev–Trinajstić information content (AvgIpc) is 3.51. The van der Waals surface area contributed by atoms with Gasteiger partial charge >= 0.3 is 0 Å². The Hall–Kier alpha value is -7.30. The molecule has 0 N–H and O–H groups in total. The Morgan fingerprint density at radius 1 is 0.424 bits per heavy atom. The van der Waals surface area contributed by atoms with Crippen molar-refractivity contribution in [1.82, 2.24) is 0 Å². The zero-order valence-corrected chi connectivity index (χ0v) is 32.8. The molecule has 9 aromatic rings.